The number of ether oxygens (including phenoxy) is 1. The Morgan fingerprint density at radius 3 is 2.52 bits per heavy atom. The predicted octanol–water partition coefficient (Wildman–Crippen LogP) is 4.62. The van der Waals surface area contributed by atoms with Gasteiger partial charge < -0.3 is 9.64 Å². The van der Waals surface area contributed by atoms with Crippen molar-refractivity contribution in [3.8, 4) is 11.4 Å². The van der Waals surface area contributed by atoms with Crippen molar-refractivity contribution < 1.29 is 9.13 Å². The van der Waals surface area contributed by atoms with E-state index >= 15 is 0 Å². The quantitative estimate of drug-likeness (QED) is 0.617. The first-order valence-electron chi connectivity index (χ1n) is 11.3. The lowest BCUT2D eigenvalue weighted by atomic mass is 10.0. The van der Waals surface area contributed by atoms with Crippen LogP contribution >= 0.6 is 0 Å². The average molecular weight is 422 g/mol. The van der Waals surface area contributed by atoms with Crippen LogP contribution in [0.4, 0.5) is 4.39 Å². The smallest absolute Gasteiger partial charge is 0.265 e. The number of rotatable bonds is 4. The van der Waals surface area contributed by atoms with Crippen LogP contribution in [-0.2, 0) is 0 Å². The molecule has 0 radical (unpaired) electrons. The standard InChI is InChI=1S/C25H28FN3O2/c1-17-27-23-9-5-4-8-21(23)25(30)29(17)19-10-11-24(22(26)16-19)31-20-12-14-28(15-13-20)18-6-2-3-7-18/h4-5,8-11,16,18,20H,2-3,6-7,12-15H2,1H3. The molecule has 3 aromatic rings. The van der Waals surface area contributed by atoms with Crippen molar-refractivity contribution in [1.29, 1.82) is 0 Å². The minimum Gasteiger partial charge on any atom is -0.487 e. The van der Waals surface area contributed by atoms with Crippen molar-refractivity contribution in [2.45, 2.75) is 57.6 Å². The number of aryl methyl sites for hydroxylation is 1. The molecular formula is C25H28FN3O2. The second kappa shape index (κ2) is 8.42. The largest absolute Gasteiger partial charge is 0.487 e. The van der Waals surface area contributed by atoms with Crippen molar-refractivity contribution in [2.24, 2.45) is 0 Å². The van der Waals surface area contributed by atoms with Crippen LogP contribution in [0.25, 0.3) is 16.6 Å². The Labute approximate surface area is 181 Å². The summed E-state index contributed by atoms with van der Waals surface area (Å²) in [4.78, 5) is 20.0. The molecule has 5 nitrogen and oxygen atoms in total. The Hall–Kier alpha value is -2.73. The molecule has 5 rings (SSSR count). The van der Waals surface area contributed by atoms with Crippen LogP contribution in [0.15, 0.2) is 47.3 Å². The van der Waals surface area contributed by atoms with E-state index in [2.05, 4.69) is 9.88 Å². The van der Waals surface area contributed by atoms with Gasteiger partial charge in [-0.05, 0) is 56.9 Å². The fraction of sp³-hybridized carbons (Fsp3) is 0.440. The molecule has 6 heteroatoms. The first-order valence-corrected chi connectivity index (χ1v) is 11.3. The van der Waals surface area contributed by atoms with Crippen molar-refractivity contribution >= 4 is 10.9 Å². The summed E-state index contributed by atoms with van der Waals surface area (Å²) in [5.74, 6) is 0.328. The summed E-state index contributed by atoms with van der Waals surface area (Å²) >= 11 is 0. The van der Waals surface area contributed by atoms with Gasteiger partial charge in [-0.15, -0.1) is 0 Å². The molecule has 0 atom stereocenters. The summed E-state index contributed by atoms with van der Waals surface area (Å²) in [6.45, 7) is 3.80. The summed E-state index contributed by atoms with van der Waals surface area (Å²) in [6.07, 6.45) is 7.18. The molecule has 0 amide bonds. The minimum absolute atomic E-state index is 0.0322. The van der Waals surface area contributed by atoms with Gasteiger partial charge in [-0.25, -0.2) is 9.37 Å². The Balaban J connectivity index is 1.33. The molecule has 1 aliphatic carbocycles. The van der Waals surface area contributed by atoms with Crippen LogP contribution in [0.1, 0.15) is 44.3 Å². The highest BCUT2D eigenvalue weighted by Crippen LogP contribution is 2.29. The first-order chi connectivity index (χ1) is 15.1. The van der Waals surface area contributed by atoms with Crippen LogP contribution < -0.4 is 10.3 Å². The number of likely N-dealkylation sites (tertiary alicyclic amines) is 1. The zero-order valence-corrected chi connectivity index (χ0v) is 17.9. The molecular weight excluding hydrogens is 393 g/mol. The van der Waals surface area contributed by atoms with Crippen molar-refractivity contribution in [3.63, 3.8) is 0 Å². The Kier molecular flexibility index (Phi) is 5.48. The van der Waals surface area contributed by atoms with E-state index in [1.807, 2.05) is 12.1 Å². The lowest BCUT2D eigenvalue weighted by Crippen LogP contribution is -2.43. The van der Waals surface area contributed by atoms with E-state index in [-0.39, 0.29) is 17.4 Å². The maximum Gasteiger partial charge on any atom is 0.265 e. The zero-order chi connectivity index (χ0) is 21.4. The normalized spacial score (nSPS) is 18.6. The van der Waals surface area contributed by atoms with Crippen LogP contribution in [0, 0.1) is 12.7 Å². The lowest BCUT2D eigenvalue weighted by molar-refractivity contribution is 0.0743. The number of benzene rings is 2. The van der Waals surface area contributed by atoms with E-state index in [4.69, 9.17) is 4.74 Å². The van der Waals surface area contributed by atoms with Crippen molar-refractivity contribution in [1.82, 2.24) is 14.5 Å². The van der Waals surface area contributed by atoms with Gasteiger partial charge in [0.15, 0.2) is 11.6 Å². The zero-order valence-electron chi connectivity index (χ0n) is 17.9. The highest BCUT2D eigenvalue weighted by molar-refractivity contribution is 5.77. The fourth-order valence-electron chi connectivity index (χ4n) is 5.08. The van der Waals surface area contributed by atoms with Gasteiger partial charge in [-0.2, -0.15) is 0 Å². The molecule has 162 valence electrons. The molecule has 0 N–H and O–H groups in total. The maximum absolute atomic E-state index is 14.9. The highest BCUT2D eigenvalue weighted by Gasteiger charge is 2.28. The summed E-state index contributed by atoms with van der Waals surface area (Å²) in [5.41, 5.74) is 0.905. The molecule has 2 aliphatic rings. The van der Waals surface area contributed by atoms with Gasteiger partial charge in [0, 0.05) is 25.2 Å². The molecule has 0 unspecified atom stereocenters. The van der Waals surface area contributed by atoms with Crippen LogP contribution in [0.2, 0.25) is 0 Å². The number of halogens is 1. The summed E-state index contributed by atoms with van der Waals surface area (Å²) < 4.78 is 22.4. The first kappa shape index (κ1) is 20.2. The molecule has 1 aromatic heterocycles. The van der Waals surface area contributed by atoms with Crippen LogP contribution in [0.5, 0.6) is 5.75 Å². The predicted molar refractivity (Wildman–Crippen MR) is 120 cm³/mol. The maximum atomic E-state index is 14.9. The third kappa shape index (κ3) is 3.97. The second-order valence-corrected chi connectivity index (χ2v) is 8.72. The minimum atomic E-state index is -0.449. The van der Waals surface area contributed by atoms with Crippen molar-refractivity contribution in [3.05, 3.63) is 64.5 Å². The van der Waals surface area contributed by atoms with E-state index in [9.17, 15) is 9.18 Å². The van der Waals surface area contributed by atoms with Gasteiger partial charge in [0.1, 0.15) is 11.9 Å². The van der Waals surface area contributed by atoms with E-state index < -0.39 is 5.82 Å². The van der Waals surface area contributed by atoms with E-state index in [1.54, 1.807) is 31.2 Å². The third-order valence-electron chi connectivity index (χ3n) is 6.73. The fourth-order valence-corrected chi connectivity index (χ4v) is 5.08. The number of piperidine rings is 1. The van der Waals surface area contributed by atoms with Gasteiger partial charge in [-0.1, -0.05) is 25.0 Å². The number of nitrogens with zero attached hydrogens (tertiary/aromatic N) is 3. The number of hydrogen-bond donors (Lipinski definition) is 0. The topological polar surface area (TPSA) is 47.4 Å². The third-order valence-corrected chi connectivity index (χ3v) is 6.73. The number of para-hydroxylation sites is 1. The summed E-state index contributed by atoms with van der Waals surface area (Å²) in [5, 5.41) is 0.517. The SMILES string of the molecule is Cc1nc2ccccc2c(=O)n1-c1ccc(OC2CCN(C3CCCC3)CC2)c(F)c1. The highest BCUT2D eigenvalue weighted by atomic mass is 19.1. The molecule has 0 bridgehead atoms. The molecule has 1 saturated carbocycles. The molecule has 2 heterocycles. The van der Waals surface area contributed by atoms with Gasteiger partial charge >= 0.3 is 0 Å². The van der Waals surface area contributed by atoms with Gasteiger partial charge in [-0.3, -0.25) is 9.36 Å². The van der Waals surface area contributed by atoms with Crippen LogP contribution in [-0.4, -0.2) is 39.7 Å². The number of aromatic nitrogens is 2. The lowest BCUT2D eigenvalue weighted by Gasteiger charge is -2.36. The molecule has 2 aromatic carbocycles. The van der Waals surface area contributed by atoms with E-state index in [0.29, 0.717) is 22.4 Å². The molecule has 1 aliphatic heterocycles. The van der Waals surface area contributed by atoms with Gasteiger partial charge in [0.25, 0.3) is 5.56 Å². The van der Waals surface area contributed by atoms with Gasteiger partial charge in [0.05, 0.1) is 16.6 Å². The van der Waals surface area contributed by atoms with E-state index in [1.165, 1.54) is 36.3 Å². The molecule has 31 heavy (non-hydrogen) atoms. The monoisotopic (exact) mass is 421 g/mol. The Morgan fingerprint density at radius 2 is 1.77 bits per heavy atom. The Bertz CT molecular complexity index is 1150. The molecule has 0 spiro atoms. The average Bonchev–Trinajstić information content (AvgIpc) is 3.31. The number of hydrogen-bond acceptors (Lipinski definition) is 4. The second-order valence-electron chi connectivity index (χ2n) is 8.72. The summed E-state index contributed by atoms with van der Waals surface area (Å²) in [7, 11) is 0. The molecule has 2 fully saturated rings. The number of fused-ring (bicyclic) bond motifs is 1. The van der Waals surface area contributed by atoms with Crippen molar-refractivity contribution in [2.75, 3.05) is 13.1 Å². The van der Waals surface area contributed by atoms with Gasteiger partial charge in [0.2, 0.25) is 0 Å². The molecule has 1 saturated heterocycles. The van der Waals surface area contributed by atoms with Crippen LogP contribution in [0.3, 0.4) is 0 Å². The Morgan fingerprint density at radius 1 is 1.03 bits per heavy atom. The van der Waals surface area contributed by atoms with E-state index in [0.717, 1.165) is 32.0 Å². The summed E-state index contributed by atoms with van der Waals surface area (Å²) in [6, 6.07) is 12.7.